The third-order valence-corrected chi connectivity index (χ3v) is 8.24. The van der Waals surface area contributed by atoms with Gasteiger partial charge < -0.3 is 24.8 Å². The van der Waals surface area contributed by atoms with Crippen LogP contribution in [0.3, 0.4) is 0 Å². The fraction of sp³-hybridized carbons (Fsp3) is 0.562. The van der Waals surface area contributed by atoms with Gasteiger partial charge in [0.25, 0.3) is 0 Å². The molecule has 0 spiro atoms. The van der Waals surface area contributed by atoms with Crippen molar-refractivity contribution in [3.63, 3.8) is 0 Å². The maximum absolute atomic E-state index is 13.4. The highest BCUT2D eigenvalue weighted by Crippen LogP contribution is 2.31. The molecule has 218 valence electrons. The molecule has 8 heteroatoms. The molecule has 1 saturated carbocycles. The van der Waals surface area contributed by atoms with E-state index in [0.717, 1.165) is 68.9 Å². The first-order valence-corrected chi connectivity index (χ1v) is 14.6. The minimum absolute atomic E-state index is 0.0178. The van der Waals surface area contributed by atoms with Crippen LogP contribution in [-0.2, 0) is 17.9 Å². The zero-order valence-corrected chi connectivity index (χ0v) is 25.2. The number of carbonyl (C=O) groups excluding carboxylic acids is 2. The van der Waals surface area contributed by atoms with Crippen molar-refractivity contribution in [2.24, 2.45) is 5.92 Å². The second-order valence-corrected chi connectivity index (χ2v) is 11.9. The number of carbonyl (C=O) groups is 2. The molecule has 1 aliphatic heterocycles. The molecule has 2 fully saturated rings. The van der Waals surface area contributed by atoms with Crippen LogP contribution in [-0.4, -0.2) is 86.6 Å². The molecule has 1 N–H and O–H groups in total. The van der Waals surface area contributed by atoms with Gasteiger partial charge in [0.15, 0.2) is 0 Å². The summed E-state index contributed by atoms with van der Waals surface area (Å²) in [6, 6.07) is 14.9. The second kappa shape index (κ2) is 13.5. The Labute approximate surface area is 240 Å². The van der Waals surface area contributed by atoms with Crippen molar-refractivity contribution in [2.75, 3.05) is 52.7 Å². The topological polar surface area (TPSA) is 68.4 Å². The van der Waals surface area contributed by atoms with Gasteiger partial charge in [-0.05, 0) is 80.5 Å². The van der Waals surface area contributed by atoms with Crippen LogP contribution in [0.25, 0.3) is 0 Å². The third-order valence-electron chi connectivity index (χ3n) is 8.24. The number of hydrogen-bond acceptors (Lipinski definition) is 5. The van der Waals surface area contributed by atoms with Gasteiger partial charge in [-0.25, -0.2) is 4.79 Å². The first-order valence-electron chi connectivity index (χ1n) is 14.6. The maximum Gasteiger partial charge on any atom is 0.319 e. The molecule has 40 heavy (non-hydrogen) atoms. The molecule has 1 heterocycles. The van der Waals surface area contributed by atoms with E-state index < -0.39 is 0 Å². The molecule has 0 radical (unpaired) electrons. The van der Waals surface area contributed by atoms with Crippen molar-refractivity contribution in [3.8, 4) is 5.75 Å². The van der Waals surface area contributed by atoms with E-state index in [1.54, 1.807) is 30.9 Å². The minimum Gasteiger partial charge on any atom is -0.490 e. The van der Waals surface area contributed by atoms with Gasteiger partial charge in [0.2, 0.25) is 5.91 Å². The summed E-state index contributed by atoms with van der Waals surface area (Å²) in [7, 11) is 7.21. The van der Waals surface area contributed by atoms with Gasteiger partial charge in [-0.2, -0.15) is 0 Å². The van der Waals surface area contributed by atoms with Crippen LogP contribution < -0.4 is 15.0 Å². The van der Waals surface area contributed by atoms with E-state index in [9.17, 15) is 9.59 Å². The number of benzene rings is 2. The highest BCUT2D eigenvalue weighted by Gasteiger charge is 2.30. The number of aryl methyl sites for hydroxylation is 1. The Morgan fingerprint density at radius 1 is 1.02 bits per heavy atom. The zero-order chi connectivity index (χ0) is 28.8. The standard InChI is InChI=1S/C32H47N5O3/c1-23-18-28(13-10-27(23)22-37-17-16-33-24(2)20-37)36(6)31(38)26-11-14-29(15-12-26)40-30-9-7-8-25(19-30)21-35(5)32(39)34(3)4/h7-10,13,18-19,24,26,29,33H,11-12,14-17,20-22H2,1-6H3/t24-,26-,29-/m0/s1. The average molecular weight is 550 g/mol. The molecule has 1 aliphatic carbocycles. The first-order chi connectivity index (χ1) is 19.1. The fourth-order valence-electron chi connectivity index (χ4n) is 5.88. The van der Waals surface area contributed by atoms with E-state index in [1.165, 1.54) is 11.1 Å². The number of anilines is 1. The summed E-state index contributed by atoms with van der Waals surface area (Å²) in [6.45, 7) is 9.02. The van der Waals surface area contributed by atoms with Gasteiger partial charge >= 0.3 is 6.03 Å². The summed E-state index contributed by atoms with van der Waals surface area (Å²) >= 11 is 0. The van der Waals surface area contributed by atoms with E-state index in [1.807, 2.05) is 36.2 Å². The molecule has 1 saturated heterocycles. The van der Waals surface area contributed by atoms with Crippen molar-refractivity contribution in [2.45, 2.75) is 64.8 Å². The maximum atomic E-state index is 13.4. The van der Waals surface area contributed by atoms with Crippen LogP contribution in [0.1, 0.15) is 49.3 Å². The van der Waals surface area contributed by atoms with E-state index in [2.05, 4.69) is 42.3 Å². The van der Waals surface area contributed by atoms with Gasteiger partial charge in [-0.1, -0.05) is 18.2 Å². The van der Waals surface area contributed by atoms with Gasteiger partial charge in [0.1, 0.15) is 5.75 Å². The lowest BCUT2D eigenvalue weighted by Crippen LogP contribution is -2.48. The van der Waals surface area contributed by atoms with E-state index >= 15 is 0 Å². The van der Waals surface area contributed by atoms with Gasteiger partial charge in [0, 0.05) is 78.6 Å². The summed E-state index contributed by atoms with van der Waals surface area (Å²) in [6.07, 6.45) is 3.46. The summed E-state index contributed by atoms with van der Waals surface area (Å²) < 4.78 is 6.31. The molecule has 0 unspecified atom stereocenters. The lowest BCUT2D eigenvalue weighted by Gasteiger charge is -2.32. The molecular formula is C32H47N5O3. The number of hydrogen-bond donors (Lipinski definition) is 1. The van der Waals surface area contributed by atoms with E-state index in [4.69, 9.17) is 4.74 Å². The Morgan fingerprint density at radius 2 is 1.77 bits per heavy atom. The Bertz CT molecular complexity index is 1160. The number of nitrogens with zero attached hydrogens (tertiary/aromatic N) is 4. The van der Waals surface area contributed by atoms with Gasteiger partial charge in [0.05, 0.1) is 6.10 Å². The molecular weight excluding hydrogens is 502 g/mol. The van der Waals surface area contributed by atoms with Crippen molar-refractivity contribution in [1.82, 2.24) is 20.0 Å². The van der Waals surface area contributed by atoms with E-state index in [0.29, 0.717) is 12.6 Å². The number of piperazine rings is 1. The number of nitrogens with one attached hydrogen (secondary N) is 1. The molecule has 2 aliphatic rings. The van der Waals surface area contributed by atoms with Gasteiger partial charge in [-0.3, -0.25) is 9.69 Å². The summed E-state index contributed by atoms with van der Waals surface area (Å²) in [5.41, 5.74) is 4.56. The summed E-state index contributed by atoms with van der Waals surface area (Å²) in [5, 5.41) is 3.50. The molecule has 1 atom stereocenters. The van der Waals surface area contributed by atoms with Crippen LogP contribution in [0, 0.1) is 12.8 Å². The zero-order valence-electron chi connectivity index (χ0n) is 25.2. The summed E-state index contributed by atoms with van der Waals surface area (Å²) in [5.74, 6) is 1.03. The normalized spacial score (nSPS) is 21.5. The van der Waals surface area contributed by atoms with Crippen molar-refractivity contribution in [3.05, 3.63) is 59.2 Å². The third kappa shape index (κ3) is 7.76. The van der Waals surface area contributed by atoms with Crippen molar-refractivity contribution >= 4 is 17.6 Å². The number of rotatable bonds is 8. The van der Waals surface area contributed by atoms with Gasteiger partial charge in [-0.15, -0.1) is 0 Å². The van der Waals surface area contributed by atoms with Crippen LogP contribution in [0.15, 0.2) is 42.5 Å². The largest absolute Gasteiger partial charge is 0.490 e. The Morgan fingerprint density at radius 3 is 2.45 bits per heavy atom. The molecule has 4 rings (SSSR count). The Balaban J connectivity index is 1.27. The minimum atomic E-state index is -0.0322. The highest BCUT2D eigenvalue weighted by atomic mass is 16.5. The predicted octanol–water partition coefficient (Wildman–Crippen LogP) is 4.50. The van der Waals surface area contributed by atoms with Crippen LogP contribution in [0.2, 0.25) is 0 Å². The lowest BCUT2D eigenvalue weighted by atomic mass is 9.86. The quantitative estimate of drug-likeness (QED) is 0.525. The highest BCUT2D eigenvalue weighted by molar-refractivity contribution is 5.94. The number of ether oxygens (including phenoxy) is 1. The van der Waals surface area contributed by atoms with Crippen molar-refractivity contribution < 1.29 is 14.3 Å². The Kier molecular flexibility index (Phi) is 10.1. The van der Waals surface area contributed by atoms with Crippen LogP contribution >= 0.6 is 0 Å². The first kappa shape index (κ1) is 29.9. The number of urea groups is 1. The fourth-order valence-corrected chi connectivity index (χ4v) is 5.88. The molecule has 0 aromatic heterocycles. The monoisotopic (exact) mass is 549 g/mol. The molecule has 2 aromatic rings. The average Bonchev–Trinajstić information content (AvgIpc) is 2.93. The molecule has 8 nitrogen and oxygen atoms in total. The smallest absolute Gasteiger partial charge is 0.319 e. The van der Waals surface area contributed by atoms with Crippen molar-refractivity contribution in [1.29, 1.82) is 0 Å². The van der Waals surface area contributed by atoms with Crippen LogP contribution in [0.5, 0.6) is 5.75 Å². The molecule has 3 amide bonds. The molecule has 2 aromatic carbocycles. The van der Waals surface area contributed by atoms with E-state index in [-0.39, 0.29) is 24.0 Å². The predicted molar refractivity (Wildman–Crippen MR) is 161 cm³/mol. The Hall–Kier alpha value is -3.10. The number of amides is 3. The second-order valence-electron chi connectivity index (χ2n) is 11.9. The summed E-state index contributed by atoms with van der Waals surface area (Å²) in [4.78, 5) is 33.2. The molecule has 0 bridgehead atoms. The lowest BCUT2D eigenvalue weighted by molar-refractivity contribution is -0.123. The van der Waals surface area contributed by atoms with Crippen LogP contribution in [0.4, 0.5) is 10.5 Å². The SMILES string of the molecule is Cc1cc(N(C)C(=O)[C@H]2CC[C@H](Oc3cccc(CN(C)C(=O)N(C)C)c3)CC2)ccc1CN1CCN[C@@H](C)C1.